The van der Waals surface area contributed by atoms with E-state index < -0.39 is 0 Å². The molecule has 0 atom stereocenters. The third kappa shape index (κ3) is 11.2. The Hall–Kier alpha value is -2.82. The van der Waals surface area contributed by atoms with E-state index in [2.05, 4.69) is 0 Å². The molecule has 0 heterocycles. The molecule has 0 unspecified atom stereocenters. The fourth-order valence-electron chi connectivity index (χ4n) is 3.05. The number of hydrogen-bond acceptors (Lipinski definition) is 5. The summed E-state index contributed by atoms with van der Waals surface area (Å²) in [6.07, 6.45) is 7.69. The predicted octanol–water partition coefficient (Wildman–Crippen LogP) is 6.60. The Labute approximate surface area is 185 Å². The minimum absolute atomic E-state index is 0.0945. The quantitative estimate of drug-likeness (QED) is 0.237. The Morgan fingerprint density at radius 2 is 1.23 bits per heavy atom. The maximum Gasteiger partial charge on any atom is 0.306 e. The monoisotopic (exact) mass is 426 g/mol. The molecule has 0 aliphatic carbocycles. The van der Waals surface area contributed by atoms with Crippen molar-refractivity contribution in [3.8, 4) is 11.5 Å². The Morgan fingerprint density at radius 3 is 1.84 bits per heavy atom. The highest BCUT2D eigenvalue weighted by molar-refractivity contribution is 5.69. The van der Waals surface area contributed by atoms with Crippen LogP contribution in [0.2, 0.25) is 0 Å². The molecule has 5 nitrogen and oxygen atoms in total. The lowest BCUT2D eigenvalue weighted by Crippen LogP contribution is -2.05. The number of rotatable bonds is 15. The lowest BCUT2D eigenvalue weighted by atomic mass is 10.1. The second kappa shape index (κ2) is 15.1. The molecular formula is C26H34O5. The van der Waals surface area contributed by atoms with Crippen LogP contribution >= 0.6 is 0 Å². The van der Waals surface area contributed by atoms with Crippen LogP contribution in [-0.2, 0) is 25.7 Å². The van der Waals surface area contributed by atoms with Gasteiger partial charge in [0.05, 0.1) is 6.61 Å². The summed E-state index contributed by atoms with van der Waals surface area (Å²) in [4.78, 5) is 23.3. The third-order valence-corrected chi connectivity index (χ3v) is 4.78. The van der Waals surface area contributed by atoms with Gasteiger partial charge < -0.3 is 14.2 Å². The molecule has 168 valence electrons. The summed E-state index contributed by atoms with van der Waals surface area (Å²) >= 11 is 0. The van der Waals surface area contributed by atoms with Crippen molar-refractivity contribution in [2.24, 2.45) is 0 Å². The molecule has 0 spiro atoms. The second-order valence-corrected chi connectivity index (χ2v) is 7.56. The number of hydrogen-bond donors (Lipinski definition) is 0. The zero-order valence-corrected chi connectivity index (χ0v) is 18.5. The van der Waals surface area contributed by atoms with Gasteiger partial charge >= 0.3 is 11.9 Å². The smallest absolute Gasteiger partial charge is 0.306 e. The normalized spacial score (nSPS) is 10.5. The zero-order chi connectivity index (χ0) is 22.2. The van der Waals surface area contributed by atoms with E-state index in [4.69, 9.17) is 14.2 Å². The summed E-state index contributed by atoms with van der Waals surface area (Å²) in [5.74, 6) is 1.28. The molecule has 0 saturated carbocycles. The van der Waals surface area contributed by atoms with Gasteiger partial charge in [0.25, 0.3) is 0 Å². The van der Waals surface area contributed by atoms with Gasteiger partial charge in [0.1, 0.15) is 18.1 Å². The zero-order valence-electron chi connectivity index (χ0n) is 18.5. The molecule has 0 N–H and O–H groups in total. The largest absolute Gasteiger partial charge is 0.466 e. The molecule has 0 amide bonds. The van der Waals surface area contributed by atoms with Crippen LogP contribution in [-0.4, -0.2) is 18.5 Å². The molecular weight excluding hydrogens is 392 g/mol. The van der Waals surface area contributed by atoms with Crippen LogP contribution in [0.25, 0.3) is 0 Å². The van der Waals surface area contributed by atoms with E-state index in [1.165, 1.54) is 0 Å². The van der Waals surface area contributed by atoms with Gasteiger partial charge in [0, 0.05) is 12.8 Å². The van der Waals surface area contributed by atoms with Crippen LogP contribution in [0.4, 0.5) is 0 Å². The van der Waals surface area contributed by atoms with Gasteiger partial charge in [-0.2, -0.15) is 0 Å². The number of para-hydroxylation sites is 1. The molecule has 0 saturated heterocycles. The van der Waals surface area contributed by atoms with E-state index in [9.17, 15) is 9.59 Å². The van der Waals surface area contributed by atoms with Crippen molar-refractivity contribution in [2.75, 3.05) is 6.61 Å². The lowest BCUT2D eigenvalue weighted by molar-refractivity contribution is -0.145. The fourth-order valence-corrected chi connectivity index (χ4v) is 3.05. The number of esters is 2. The van der Waals surface area contributed by atoms with E-state index in [0.717, 1.165) is 62.0 Å². The molecule has 0 aliphatic heterocycles. The van der Waals surface area contributed by atoms with Crippen molar-refractivity contribution in [1.82, 2.24) is 0 Å². The molecule has 31 heavy (non-hydrogen) atoms. The highest BCUT2D eigenvalue weighted by atomic mass is 16.5. The van der Waals surface area contributed by atoms with Crippen LogP contribution in [0.15, 0.2) is 54.6 Å². The molecule has 2 rings (SSSR count). The van der Waals surface area contributed by atoms with E-state index >= 15 is 0 Å². The van der Waals surface area contributed by atoms with Crippen molar-refractivity contribution >= 4 is 11.9 Å². The standard InChI is InChI=1S/C26H34O5/c1-2-20-29-25(27)14-10-5-3-4-6-11-15-26(28)30-21-22-16-18-24(19-17-22)31-23-12-8-7-9-13-23/h7-9,12-13,16-19H,2-6,10-11,14-15,20-21H2,1H3. The average Bonchev–Trinajstić information content (AvgIpc) is 2.79. The maximum absolute atomic E-state index is 11.9. The van der Waals surface area contributed by atoms with Crippen molar-refractivity contribution in [3.63, 3.8) is 0 Å². The van der Waals surface area contributed by atoms with Gasteiger partial charge in [-0.15, -0.1) is 0 Å². The molecule has 0 radical (unpaired) electrons. The molecule has 0 fully saturated rings. The lowest BCUT2D eigenvalue weighted by Gasteiger charge is -2.08. The van der Waals surface area contributed by atoms with Crippen molar-refractivity contribution < 1.29 is 23.8 Å². The van der Waals surface area contributed by atoms with Gasteiger partial charge in [-0.25, -0.2) is 0 Å². The van der Waals surface area contributed by atoms with Crippen molar-refractivity contribution in [3.05, 3.63) is 60.2 Å². The van der Waals surface area contributed by atoms with Crippen LogP contribution in [0.1, 0.15) is 70.3 Å². The summed E-state index contributed by atoms with van der Waals surface area (Å²) in [6, 6.07) is 17.2. The fraction of sp³-hybridized carbons (Fsp3) is 0.462. The third-order valence-electron chi connectivity index (χ3n) is 4.78. The predicted molar refractivity (Wildman–Crippen MR) is 121 cm³/mol. The molecule has 2 aromatic carbocycles. The number of benzene rings is 2. The Balaban J connectivity index is 1.49. The summed E-state index contributed by atoms with van der Waals surface area (Å²) < 4.78 is 16.2. The van der Waals surface area contributed by atoms with E-state index in [0.29, 0.717) is 19.4 Å². The molecule has 0 bridgehead atoms. The maximum atomic E-state index is 11.9. The van der Waals surface area contributed by atoms with Gasteiger partial charge in [-0.05, 0) is 49.1 Å². The Bertz CT molecular complexity index is 755. The van der Waals surface area contributed by atoms with Gasteiger partial charge in [-0.1, -0.05) is 62.9 Å². The van der Waals surface area contributed by atoms with Crippen molar-refractivity contribution in [1.29, 1.82) is 0 Å². The SMILES string of the molecule is CCCOC(=O)CCCCCCCCC(=O)OCc1ccc(Oc2ccccc2)cc1. The first kappa shape index (κ1) is 24.4. The number of carbonyl (C=O) groups is 2. The molecule has 5 heteroatoms. The number of carbonyl (C=O) groups excluding carboxylic acids is 2. The van der Waals surface area contributed by atoms with E-state index in [1.54, 1.807) is 0 Å². The highest BCUT2D eigenvalue weighted by Gasteiger charge is 2.05. The van der Waals surface area contributed by atoms with Gasteiger partial charge in [-0.3, -0.25) is 9.59 Å². The topological polar surface area (TPSA) is 61.8 Å². The Morgan fingerprint density at radius 1 is 0.677 bits per heavy atom. The highest BCUT2D eigenvalue weighted by Crippen LogP contribution is 2.21. The summed E-state index contributed by atoms with van der Waals surface area (Å²) in [7, 11) is 0. The van der Waals surface area contributed by atoms with E-state index in [-0.39, 0.29) is 18.5 Å². The number of ether oxygens (including phenoxy) is 3. The Kier molecular flexibility index (Phi) is 11.9. The van der Waals surface area contributed by atoms with Crippen LogP contribution < -0.4 is 4.74 Å². The second-order valence-electron chi connectivity index (χ2n) is 7.56. The first-order chi connectivity index (χ1) is 15.2. The summed E-state index contributed by atoms with van der Waals surface area (Å²) in [5.41, 5.74) is 0.936. The average molecular weight is 427 g/mol. The first-order valence-electron chi connectivity index (χ1n) is 11.3. The summed E-state index contributed by atoms with van der Waals surface area (Å²) in [6.45, 7) is 2.78. The minimum Gasteiger partial charge on any atom is -0.466 e. The van der Waals surface area contributed by atoms with Crippen molar-refractivity contribution in [2.45, 2.75) is 71.3 Å². The first-order valence-corrected chi connectivity index (χ1v) is 11.3. The molecule has 2 aromatic rings. The summed E-state index contributed by atoms with van der Waals surface area (Å²) in [5, 5.41) is 0. The minimum atomic E-state index is -0.164. The van der Waals surface area contributed by atoms with Gasteiger partial charge in [0.2, 0.25) is 0 Å². The van der Waals surface area contributed by atoms with Crippen LogP contribution in [0.3, 0.4) is 0 Å². The number of unbranched alkanes of at least 4 members (excludes halogenated alkanes) is 5. The van der Waals surface area contributed by atoms with Gasteiger partial charge in [0.15, 0.2) is 0 Å². The van der Waals surface area contributed by atoms with Crippen LogP contribution in [0, 0.1) is 0 Å². The van der Waals surface area contributed by atoms with E-state index in [1.807, 2.05) is 61.5 Å². The molecule has 0 aromatic heterocycles. The molecule has 0 aliphatic rings. The van der Waals surface area contributed by atoms with Crippen LogP contribution in [0.5, 0.6) is 11.5 Å².